The number of carbonyl (C=O) groups is 3. The molecule has 0 saturated carbocycles. The van der Waals surface area contributed by atoms with E-state index in [0.717, 1.165) is 20.3 Å². The summed E-state index contributed by atoms with van der Waals surface area (Å²) in [5, 5.41) is 11.1. The number of Topliss-reactive ketones (excluding diaryl/α,β-unsaturated/α-hetero) is 1. The van der Waals surface area contributed by atoms with Crippen LogP contribution in [0.5, 0.6) is 5.75 Å². The van der Waals surface area contributed by atoms with E-state index in [1.807, 2.05) is 0 Å². The molecule has 26 heavy (non-hydrogen) atoms. The summed E-state index contributed by atoms with van der Waals surface area (Å²) < 4.78 is 14.9. The lowest BCUT2D eigenvalue weighted by Gasteiger charge is -2.11. The molecule has 1 N–H and O–H groups in total. The van der Waals surface area contributed by atoms with Gasteiger partial charge in [-0.15, -0.1) is 0 Å². The number of furan rings is 1. The van der Waals surface area contributed by atoms with E-state index < -0.39 is 23.5 Å². The molecule has 0 amide bonds. The van der Waals surface area contributed by atoms with Crippen LogP contribution in [0.15, 0.2) is 29.2 Å². The average Bonchev–Trinajstić information content (AvgIpc) is 3.02. The van der Waals surface area contributed by atoms with Crippen molar-refractivity contribution in [3.05, 3.63) is 41.7 Å². The van der Waals surface area contributed by atoms with Crippen molar-refractivity contribution in [2.75, 3.05) is 14.2 Å². The summed E-state index contributed by atoms with van der Waals surface area (Å²) in [6.07, 6.45) is 0.868. The molecule has 1 heterocycles. The van der Waals surface area contributed by atoms with Crippen molar-refractivity contribution in [3.8, 4) is 5.75 Å². The Morgan fingerprint density at radius 3 is 2.31 bits per heavy atom. The van der Waals surface area contributed by atoms with Gasteiger partial charge in [-0.05, 0) is 31.6 Å². The first kappa shape index (κ1) is 19.0. The Bertz CT molecular complexity index is 960. The molecule has 7 nitrogen and oxygen atoms in total. The molecule has 1 aromatic heterocycles. The quantitative estimate of drug-likeness (QED) is 0.497. The van der Waals surface area contributed by atoms with E-state index in [9.17, 15) is 19.5 Å². The molecule has 0 aliphatic rings. The Morgan fingerprint density at radius 1 is 1.15 bits per heavy atom. The van der Waals surface area contributed by atoms with Gasteiger partial charge in [-0.2, -0.15) is 0 Å². The topological polar surface area (TPSA) is 103 Å². The highest BCUT2D eigenvalue weighted by Crippen LogP contribution is 2.39. The summed E-state index contributed by atoms with van der Waals surface area (Å²) in [5.41, 5.74) is 0.268. The minimum atomic E-state index is -0.902. The number of esters is 2. The number of ether oxygens (including phenoxy) is 2. The van der Waals surface area contributed by atoms with Gasteiger partial charge in [0.05, 0.1) is 30.9 Å². The van der Waals surface area contributed by atoms with Gasteiger partial charge in [-0.1, -0.05) is 6.58 Å². The van der Waals surface area contributed by atoms with Crippen molar-refractivity contribution in [1.29, 1.82) is 0 Å². The SMILES string of the molecule is C=C(C)c1cc2cc(C(C)=O)c(O)c(/C(=C\C(=O)OC)C(=O)OC)c2o1. The Hall–Kier alpha value is -3.35. The molecule has 136 valence electrons. The van der Waals surface area contributed by atoms with E-state index in [1.54, 1.807) is 13.0 Å². The Kier molecular flexibility index (Phi) is 5.30. The molecule has 0 aliphatic carbocycles. The van der Waals surface area contributed by atoms with Gasteiger partial charge in [-0.25, -0.2) is 9.59 Å². The van der Waals surface area contributed by atoms with Crippen LogP contribution < -0.4 is 0 Å². The maximum absolute atomic E-state index is 12.2. The normalized spacial score (nSPS) is 11.3. The van der Waals surface area contributed by atoms with Crippen molar-refractivity contribution in [3.63, 3.8) is 0 Å². The van der Waals surface area contributed by atoms with Crippen LogP contribution in [0, 0.1) is 0 Å². The highest BCUT2D eigenvalue weighted by Gasteiger charge is 2.27. The molecule has 0 bridgehead atoms. The number of phenolic OH excluding ortho intramolecular Hbond substituents is 1. The second-order valence-electron chi connectivity index (χ2n) is 5.59. The molecule has 2 rings (SSSR count). The standard InChI is InChI=1S/C19H18O7/c1-9(2)14-7-11-6-12(10(3)20)17(22)16(18(11)26-14)13(19(23)25-5)8-15(21)24-4/h6-8,22H,1H2,2-5H3/b13-8+. The van der Waals surface area contributed by atoms with E-state index in [1.165, 1.54) is 13.0 Å². The minimum absolute atomic E-state index is 0.0266. The van der Waals surface area contributed by atoms with E-state index in [0.29, 0.717) is 16.7 Å². The van der Waals surface area contributed by atoms with Gasteiger partial charge >= 0.3 is 11.9 Å². The summed E-state index contributed by atoms with van der Waals surface area (Å²) in [7, 11) is 2.26. The van der Waals surface area contributed by atoms with Crippen LogP contribution in [0.4, 0.5) is 0 Å². The van der Waals surface area contributed by atoms with E-state index in [-0.39, 0.29) is 22.3 Å². The highest BCUT2D eigenvalue weighted by atomic mass is 16.5. The van der Waals surface area contributed by atoms with Crippen LogP contribution in [-0.2, 0) is 19.1 Å². The van der Waals surface area contributed by atoms with Crippen molar-refractivity contribution in [1.82, 2.24) is 0 Å². The number of methoxy groups -OCH3 is 2. The molecular formula is C19H18O7. The Balaban J connectivity index is 2.96. The number of aromatic hydroxyl groups is 1. The smallest absolute Gasteiger partial charge is 0.339 e. The van der Waals surface area contributed by atoms with Gasteiger partial charge in [0, 0.05) is 11.5 Å². The second kappa shape index (κ2) is 7.26. The Labute approximate surface area is 149 Å². The first-order valence-corrected chi connectivity index (χ1v) is 7.55. The number of ketones is 1. The lowest BCUT2D eigenvalue weighted by Crippen LogP contribution is -2.09. The average molecular weight is 358 g/mol. The van der Waals surface area contributed by atoms with Gasteiger partial charge in [0.15, 0.2) is 5.78 Å². The van der Waals surface area contributed by atoms with Crippen LogP contribution in [0.25, 0.3) is 22.1 Å². The molecular weight excluding hydrogens is 340 g/mol. The predicted octanol–water partition coefficient (Wildman–Crippen LogP) is 3.10. The van der Waals surface area contributed by atoms with Gasteiger partial charge < -0.3 is 19.0 Å². The van der Waals surface area contributed by atoms with Gasteiger partial charge in [0.1, 0.15) is 17.1 Å². The number of phenols is 1. The summed E-state index contributed by atoms with van der Waals surface area (Å²) in [4.78, 5) is 35.8. The van der Waals surface area contributed by atoms with Crippen molar-refractivity contribution in [2.45, 2.75) is 13.8 Å². The second-order valence-corrected chi connectivity index (χ2v) is 5.59. The number of rotatable bonds is 5. The van der Waals surface area contributed by atoms with Gasteiger partial charge in [0.2, 0.25) is 0 Å². The molecule has 0 aliphatic heterocycles. The number of allylic oxidation sites excluding steroid dienone is 1. The third-order valence-corrected chi connectivity index (χ3v) is 3.72. The monoisotopic (exact) mass is 358 g/mol. The first-order chi connectivity index (χ1) is 12.2. The maximum Gasteiger partial charge on any atom is 0.339 e. The lowest BCUT2D eigenvalue weighted by molar-refractivity contribution is -0.136. The highest BCUT2D eigenvalue weighted by molar-refractivity contribution is 6.25. The number of benzene rings is 1. The van der Waals surface area contributed by atoms with Crippen molar-refractivity contribution in [2.24, 2.45) is 0 Å². The largest absolute Gasteiger partial charge is 0.506 e. The summed E-state index contributed by atoms with van der Waals surface area (Å²) in [6, 6.07) is 3.07. The molecule has 0 radical (unpaired) electrons. The summed E-state index contributed by atoms with van der Waals surface area (Å²) in [5.74, 6) is -2.25. The summed E-state index contributed by atoms with van der Waals surface area (Å²) >= 11 is 0. The van der Waals surface area contributed by atoms with Crippen LogP contribution in [0.3, 0.4) is 0 Å². The van der Waals surface area contributed by atoms with E-state index >= 15 is 0 Å². The van der Waals surface area contributed by atoms with Crippen LogP contribution in [-0.4, -0.2) is 37.0 Å². The molecule has 0 unspecified atom stereocenters. The fourth-order valence-electron chi connectivity index (χ4n) is 2.42. The van der Waals surface area contributed by atoms with Gasteiger partial charge in [0.25, 0.3) is 0 Å². The number of hydrogen-bond acceptors (Lipinski definition) is 7. The Morgan fingerprint density at radius 2 is 1.81 bits per heavy atom. The first-order valence-electron chi connectivity index (χ1n) is 7.55. The van der Waals surface area contributed by atoms with Gasteiger partial charge in [-0.3, -0.25) is 4.79 Å². The molecule has 0 spiro atoms. The maximum atomic E-state index is 12.2. The molecule has 7 heteroatoms. The molecule has 0 atom stereocenters. The fraction of sp³-hybridized carbons (Fsp3) is 0.211. The van der Waals surface area contributed by atoms with Crippen LogP contribution in [0.1, 0.15) is 35.5 Å². The fourth-order valence-corrected chi connectivity index (χ4v) is 2.42. The van der Waals surface area contributed by atoms with E-state index in [4.69, 9.17) is 9.15 Å². The zero-order valence-electron chi connectivity index (χ0n) is 14.8. The number of hydrogen-bond donors (Lipinski definition) is 1. The number of carbonyl (C=O) groups excluding carboxylic acids is 3. The zero-order valence-corrected chi connectivity index (χ0v) is 14.8. The number of fused-ring (bicyclic) bond motifs is 1. The molecule has 2 aromatic rings. The third-order valence-electron chi connectivity index (χ3n) is 3.72. The molecule has 0 fully saturated rings. The predicted molar refractivity (Wildman–Crippen MR) is 94.6 cm³/mol. The van der Waals surface area contributed by atoms with Crippen LogP contribution in [0.2, 0.25) is 0 Å². The minimum Gasteiger partial charge on any atom is -0.506 e. The molecule has 0 saturated heterocycles. The zero-order chi connectivity index (χ0) is 19.6. The van der Waals surface area contributed by atoms with Crippen molar-refractivity contribution < 1.29 is 33.4 Å². The third kappa shape index (κ3) is 3.37. The van der Waals surface area contributed by atoms with Crippen molar-refractivity contribution >= 4 is 39.8 Å². The lowest BCUT2D eigenvalue weighted by atomic mass is 9.96. The summed E-state index contributed by atoms with van der Waals surface area (Å²) in [6.45, 7) is 6.77. The van der Waals surface area contributed by atoms with Crippen LogP contribution >= 0.6 is 0 Å². The molecule has 1 aromatic carbocycles. The van der Waals surface area contributed by atoms with E-state index in [2.05, 4.69) is 11.3 Å².